The van der Waals surface area contributed by atoms with Gasteiger partial charge in [-0.25, -0.2) is 9.59 Å². The Hall–Kier alpha value is -5.10. The van der Waals surface area contributed by atoms with E-state index in [1.807, 2.05) is 111 Å². The third kappa shape index (κ3) is 5.51. The number of hydrogen-bond acceptors (Lipinski definition) is 6. The molecule has 0 atom stereocenters. The fourth-order valence-corrected chi connectivity index (χ4v) is 5.76. The third-order valence-corrected chi connectivity index (χ3v) is 7.82. The van der Waals surface area contributed by atoms with E-state index in [-0.39, 0.29) is 0 Å². The third-order valence-electron chi connectivity index (χ3n) is 7.82. The van der Waals surface area contributed by atoms with Crippen molar-refractivity contribution in [3.8, 4) is 22.6 Å². The van der Waals surface area contributed by atoms with Gasteiger partial charge in [0.25, 0.3) is 0 Å². The minimum atomic E-state index is -0.718. The largest absolute Gasteiger partial charge is 0.513 e. The molecule has 0 aromatic heterocycles. The molecule has 0 aliphatic heterocycles. The van der Waals surface area contributed by atoms with E-state index in [9.17, 15) is 9.59 Å². The van der Waals surface area contributed by atoms with Gasteiger partial charge < -0.3 is 18.9 Å². The molecule has 0 heterocycles. The second-order valence-electron chi connectivity index (χ2n) is 10.7. The number of carbonyl (C=O) groups excluding carboxylic acids is 2. The molecular weight excluding hydrogens is 552 g/mol. The normalized spacial score (nSPS) is 11.2. The zero-order chi connectivity index (χ0) is 30.5. The van der Waals surface area contributed by atoms with Crippen LogP contribution in [-0.4, -0.2) is 25.5 Å². The molecule has 6 rings (SSSR count). The van der Waals surface area contributed by atoms with Crippen molar-refractivity contribution >= 4 is 55.4 Å². The van der Waals surface area contributed by atoms with Crippen molar-refractivity contribution in [3.63, 3.8) is 0 Å². The molecule has 0 N–H and O–H groups in total. The Morgan fingerprint density at radius 2 is 0.727 bits per heavy atom. The summed E-state index contributed by atoms with van der Waals surface area (Å²) in [4.78, 5) is 25.6. The monoisotopic (exact) mass is 586 g/mol. The summed E-state index contributed by atoms with van der Waals surface area (Å²) in [6.45, 7) is 4.70. The van der Waals surface area contributed by atoms with Crippen molar-refractivity contribution in [1.29, 1.82) is 0 Å². The van der Waals surface area contributed by atoms with Crippen LogP contribution < -0.4 is 9.47 Å². The van der Waals surface area contributed by atoms with Gasteiger partial charge >= 0.3 is 12.3 Å². The first-order chi connectivity index (χ1) is 21.6. The minimum absolute atomic E-state index is 0.307. The molecular formula is C38H34O6. The average molecular weight is 587 g/mol. The fraction of sp³-hybridized carbons (Fsp3) is 0.211. The maximum Gasteiger partial charge on any atom is 0.513 e. The van der Waals surface area contributed by atoms with E-state index in [1.165, 1.54) is 0 Å². The van der Waals surface area contributed by atoms with Gasteiger partial charge in [-0.1, -0.05) is 124 Å². The molecule has 0 saturated heterocycles. The second kappa shape index (κ2) is 13.0. The lowest BCUT2D eigenvalue weighted by atomic mass is 9.85. The lowest BCUT2D eigenvalue weighted by Crippen LogP contribution is -2.12. The van der Waals surface area contributed by atoms with Gasteiger partial charge in [0.2, 0.25) is 0 Å². The highest BCUT2D eigenvalue weighted by Gasteiger charge is 2.24. The molecule has 0 saturated carbocycles. The Morgan fingerprint density at radius 3 is 1.00 bits per heavy atom. The van der Waals surface area contributed by atoms with Crippen molar-refractivity contribution in [2.45, 2.75) is 39.5 Å². The predicted molar refractivity (Wildman–Crippen MR) is 176 cm³/mol. The first-order valence-corrected chi connectivity index (χ1v) is 15.2. The first kappa shape index (κ1) is 29.0. The molecule has 0 bridgehead atoms. The Kier molecular flexibility index (Phi) is 8.59. The fourth-order valence-electron chi connectivity index (χ4n) is 5.76. The van der Waals surface area contributed by atoms with Gasteiger partial charge in [0, 0.05) is 21.5 Å². The summed E-state index contributed by atoms with van der Waals surface area (Å²) in [5.74, 6) is 0.926. The summed E-state index contributed by atoms with van der Waals surface area (Å²) >= 11 is 0. The molecule has 0 radical (unpaired) electrons. The lowest BCUT2D eigenvalue weighted by molar-refractivity contribution is 0.0977. The van der Waals surface area contributed by atoms with E-state index in [0.717, 1.165) is 79.9 Å². The molecule has 0 aliphatic rings. The summed E-state index contributed by atoms with van der Waals surface area (Å²) in [6, 6.07) is 31.7. The van der Waals surface area contributed by atoms with Gasteiger partial charge in [-0.2, -0.15) is 0 Å². The molecule has 0 spiro atoms. The van der Waals surface area contributed by atoms with Crippen LogP contribution >= 0.6 is 0 Å². The number of fused-ring (bicyclic) bond motifs is 4. The number of unbranched alkanes of at least 4 members (excludes halogenated alkanes) is 2. The summed E-state index contributed by atoms with van der Waals surface area (Å²) in [6.07, 6.45) is 1.94. The van der Waals surface area contributed by atoms with E-state index in [1.54, 1.807) is 0 Å². The van der Waals surface area contributed by atoms with Crippen molar-refractivity contribution in [2.24, 2.45) is 0 Å². The number of carbonyl (C=O) groups is 2. The highest BCUT2D eigenvalue weighted by Crippen LogP contribution is 2.49. The van der Waals surface area contributed by atoms with Crippen LogP contribution in [0.4, 0.5) is 9.59 Å². The minimum Gasteiger partial charge on any atom is -0.434 e. The van der Waals surface area contributed by atoms with Crippen molar-refractivity contribution < 1.29 is 28.5 Å². The molecule has 222 valence electrons. The zero-order valence-electron chi connectivity index (χ0n) is 24.9. The van der Waals surface area contributed by atoms with Gasteiger partial charge in [-0.15, -0.1) is 0 Å². The maximum atomic E-state index is 12.8. The van der Waals surface area contributed by atoms with Crippen LogP contribution in [0.3, 0.4) is 0 Å². The van der Waals surface area contributed by atoms with Crippen LogP contribution in [0.2, 0.25) is 0 Å². The second-order valence-corrected chi connectivity index (χ2v) is 10.7. The van der Waals surface area contributed by atoms with Gasteiger partial charge in [-0.05, 0) is 45.5 Å². The summed E-state index contributed by atoms with van der Waals surface area (Å²) in [5.41, 5.74) is 1.99. The molecule has 6 aromatic rings. The molecule has 6 aromatic carbocycles. The molecule has 6 nitrogen and oxygen atoms in total. The van der Waals surface area contributed by atoms with Gasteiger partial charge in [-0.3, -0.25) is 0 Å². The highest BCUT2D eigenvalue weighted by molar-refractivity contribution is 6.26. The lowest BCUT2D eigenvalue weighted by Gasteiger charge is -2.21. The molecule has 0 aliphatic carbocycles. The number of hydrogen-bond donors (Lipinski definition) is 0. The van der Waals surface area contributed by atoms with Gasteiger partial charge in [0.1, 0.15) is 11.5 Å². The first-order valence-electron chi connectivity index (χ1n) is 15.2. The average Bonchev–Trinajstić information content (AvgIpc) is 3.05. The summed E-state index contributed by atoms with van der Waals surface area (Å²) < 4.78 is 22.6. The summed E-state index contributed by atoms with van der Waals surface area (Å²) in [7, 11) is 0. The number of ether oxygens (including phenoxy) is 4. The van der Waals surface area contributed by atoms with E-state index in [4.69, 9.17) is 18.9 Å². The van der Waals surface area contributed by atoms with E-state index < -0.39 is 12.3 Å². The van der Waals surface area contributed by atoms with Gasteiger partial charge in [0.15, 0.2) is 0 Å². The Balaban J connectivity index is 1.62. The van der Waals surface area contributed by atoms with Crippen LogP contribution in [0.1, 0.15) is 39.5 Å². The quantitative estimate of drug-likeness (QED) is 0.0726. The summed E-state index contributed by atoms with van der Waals surface area (Å²) in [5, 5.41) is 6.86. The van der Waals surface area contributed by atoms with Crippen molar-refractivity contribution in [1.82, 2.24) is 0 Å². The molecule has 0 fully saturated rings. The maximum absolute atomic E-state index is 12.8. The topological polar surface area (TPSA) is 71.1 Å². The molecule has 0 unspecified atom stereocenters. The zero-order valence-corrected chi connectivity index (χ0v) is 24.9. The van der Waals surface area contributed by atoms with E-state index in [2.05, 4.69) is 0 Å². The molecule has 6 heteroatoms. The number of benzene rings is 6. The van der Waals surface area contributed by atoms with Crippen LogP contribution in [0.25, 0.3) is 54.2 Å². The Bertz CT molecular complexity index is 1730. The SMILES string of the molecule is CCCCOC(=O)Oc1c2ccccc2c(-c2c3ccccc3c(OC(=O)OCCCC)c3ccccc23)c2ccccc12. The standard InChI is InChI=1S/C38H34O6/c1-3-5-23-41-37(39)43-35-29-19-11-7-15-25(29)33(26-16-8-12-20-30(26)35)34-27-17-9-13-21-31(27)36(32-22-14-10-18-28(32)34)44-38(40)42-24-6-4-2/h7-22H,3-6,23-24H2,1-2H3. The highest BCUT2D eigenvalue weighted by atomic mass is 16.7. The number of rotatable bonds is 9. The Labute approximate surface area is 256 Å². The van der Waals surface area contributed by atoms with E-state index in [0.29, 0.717) is 24.7 Å². The van der Waals surface area contributed by atoms with Crippen LogP contribution in [0, 0.1) is 0 Å². The van der Waals surface area contributed by atoms with Gasteiger partial charge in [0.05, 0.1) is 13.2 Å². The molecule has 44 heavy (non-hydrogen) atoms. The van der Waals surface area contributed by atoms with E-state index >= 15 is 0 Å². The molecule has 0 amide bonds. The van der Waals surface area contributed by atoms with Crippen LogP contribution in [0.5, 0.6) is 11.5 Å². The smallest absolute Gasteiger partial charge is 0.434 e. The predicted octanol–water partition coefficient (Wildman–Crippen LogP) is 10.6. The van der Waals surface area contributed by atoms with Crippen LogP contribution in [-0.2, 0) is 9.47 Å². The van der Waals surface area contributed by atoms with Crippen molar-refractivity contribution in [3.05, 3.63) is 97.1 Å². The Morgan fingerprint density at radius 1 is 0.455 bits per heavy atom. The van der Waals surface area contributed by atoms with Crippen molar-refractivity contribution in [2.75, 3.05) is 13.2 Å². The van der Waals surface area contributed by atoms with Crippen LogP contribution in [0.15, 0.2) is 97.1 Å².